The Morgan fingerprint density at radius 1 is 1.11 bits per heavy atom. The zero-order valence-corrected chi connectivity index (χ0v) is 21.1. The van der Waals surface area contributed by atoms with Crippen LogP contribution in [0.2, 0.25) is 10.0 Å². The normalized spacial score (nSPS) is 10.8. The Bertz CT molecular complexity index is 1430. The third-order valence-electron chi connectivity index (χ3n) is 5.63. The van der Waals surface area contributed by atoms with Crippen LogP contribution in [-0.4, -0.2) is 27.4 Å². The van der Waals surface area contributed by atoms with Gasteiger partial charge < -0.3 is 20.8 Å². The number of nitrogens with zero attached hydrogens (tertiary/aromatic N) is 2. The van der Waals surface area contributed by atoms with Crippen LogP contribution >= 0.6 is 23.2 Å². The third-order valence-corrected chi connectivity index (χ3v) is 6.18. The van der Waals surface area contributed by atoms with Crippen molar-refractivity contribution in [3.8, 4) is 11.1 Å². The van der Waals surface area contributed by atoms with Crippen molar-refractivity contribution in [3.63, 3.8) is 0 Å². The second kappa shape index (κ2) is 11.8. The van der Waals surface area contributed by atoms with Gasteiger partial charge in [-0.3, -0.25) is 10.1 Å². The van der Waals surface area contributed by atoms with Crippen molar-refractivity contribution >= 4 is 46.5 Å². The number of carbonyl (C=O) groups is 1. The summed E-state index contributed by atoms with van der Waals surface area (Å²) in [5.41, 5.74) is 8.89. The number of hydrogen-bond acceptors (Lipinski definition) is 7. The van der Waals surface area contributed by atoms with Gasteiger partial charge in [0.15, 0.2) is 0 Å². The molecule has 11 heteroatoms. The van der Waals surface area contributed by atoms with E-state index in [-0.39, 0.29) is 18.1 Å². The summed E-state index contributed by atoms with van der Waals surface area (Å²) in [6.45, 7) is 0.617. The number of aromatic nitrogens is 2. The number of nitro groups is 1. The minimum atomic E-state index is -0.583. The highest BCUT2D eigenvalue weighted by molar-refractivity contribution is 6.36. The minimum absolute atomic E-state index is 0.143. The predicted octanol–water partition coefficient (Wildman–Crippen LogP) is 6.28. The quantitative estimate of drug-likeness (QED) is 0.0933. The Labute approximate surface area is 222 Å². The molecule has 0 unspecified atom stereocenters. The van der Waals surface area contributed by atoms with E-state index < -0.39 is 10.9 Å². The van der Waals surface area contributed by atoms with Crippen molar-refractivity contribution < 1.29 is 14.5 Å². The molecule has 4 aromatic rings. The highest BCUT2D eigenvalue weighted by Gasteiger charge is 2.21. The fraction of sp³-hybridized carbons (Fsp3) is 0.154. The van der Waals surface area contributed by atoms with Crippen LogP contribution in [0.1, 0.15) is 28.0 Å². The molecule has 2 heterocycles. The molecule has 37 heavy (non-hydrogen) atoms. The van der Waals surface area contributed by atoms with Crippen LogP contribution in [0, 0.1) is 10.1 Å². The summed E-state index contributed by atoms with van der Waals surface area (Å²) in [7, 11) is 0. The van der Waals surface area contributed by atoms with Crippen LogP contribution in [-0.2, 0) is 17.8 Å². The van der Waals surface area contributed by atoms with Gasteiger partial charge in [0, 0.05) is 40.0 Å². The van der Waals surface area contributed by atoms with Gasteiger partial charge in [0.25, 0.3) is 0 Å². The molecule has 0 saturated heterocycles. The monoisotopic (exact) mass is 539 g/mol. The molecule has 0 aliphatic heterocycles. The Kier molecular flexibility index (Phi) is 8.27. The molecule has 0 radical (unpaired) electrons. The van der Waals surface area contributed by atoms with Crippen molar-refractivity contribution in [2.24, 2.45) is 0 Å². The number of anilines is 2. The number of carbonyl (C=O) groups excluding carboxylic acids is 1. The number of aromatic amines is 1. The number of nitrogen functional groups attached to an aromatic ring is 1. The standard InChI is InChI=1S/C26H23Cl2N5O4/c27-17-8-9-18(21(28)13-17)20-14-31-24(26(34)37-15-16-5-2-1-3-6-16)19(20)7-4-12-30-23-11-10-22(33(35)36)25(29)32-23/h1-3,5-6,8-11,13-14,31H,4,7,12,15H2,(H3,29,30,32). The van der Waals surface area contributed by atoms with Crippen LogP contribution in [0.25, 0.3) is 11.1 Å². The SMILES string of the molecule is Nc1nc(NCCCc2c(-c3ccc(Cl)cc3Cl)c[nH]c2C(=O)OCc2ccccc2)ccc1[N+](=O)[O-]. The molecular formula is C26H23Cl2N5O4. The summed E-state index contributed by atoms with van der Waals surface area (Å²) < 4.78 is 5.55. The molecule has 2 aromatic carbocycles. The Morgan fingerprint density at radius 2 is 1.89 bits per heavy atom. The first-order chi connectivity index (χ1) is 17.8. The molecule has 0 atom stereocenters. The summed E-state index contributed by atoms with van der Waals surface area (Å²) in [6.07, 6.45) is 2.84. The molecule has 9 nitrogen and oxygen atoms in total. The molecule has 0 amide bonds. The van der Waals surface area contributed by atoms with Gasteiger partial charge in [0.1, 0.15) is 18.1 Å². The average Bonchev–Trinajstić information content (AvgIpc) is 3.29. The first-order valence-electron chi connectivity index (χ1n) is 11.3. The zero-order valence-electron chi connectivity index (χ0n) is 19.5. The third kappa shape index (κ3) is 6.38. The van der Waals surface area contributed by atoms with Crippen molar-refractivity contribution in [2.45, 2.75) is 19.4 Å². The lowest BCUT2D eigenvalue weighted by Gasteiger charge is -2.11. The summed E-state index contributed by atoms with van der Waals surface area (Å²) >= 11 is 12.5. The van der Waals surface area contributed by atoms with Crippen LogP contribution in [0.4, 0.5) is 17.3 Å². The topological polar surface area (TPSA) is 136 Å². The van der Waals surface area contributed by atoms with Gasteiger partial charge in [-0.15, -0.1) is 0 Å². The summed E-state index contributed by atoms with van der Waals surface area (Å²) in [5, 5.41) is 15.0. The number of nitrogens with two attached hydrogens (primary N) is 1. The lowest BCUT2D eigenvalue weighted by molar-refractivity contribution is -0.384. The van der Waals surface area contributed by atoms with Gasteiger partial charge in [-0.25, -0.2) is 9.78 Å². The summed E-state index contributed by atoms with van der Waals surface area (Å²) in [4.78, 5) is 30.4. The van der Waals surface area contributed by atoms with E-state index in [0.717, 1.165) is 22.3 Å². The molecule has 0 bridgehead atoms. The maximum atomic E-state index is 13.0. The number of rotatable bonds is 10. The lowest BCUT2D eigenvalue weighted by Crippen LogP contribution is -2.10. The molecule has 0 fully saturated rings. The number of benzene rings is 2. The number of hydrogen-bond donors (Lipinski definition) is 3. The van der Waals surface area contributed by atoms with E-state index >= 15 is 0 Å². The largest absolute Gasteiger partial charge is 0.456 e. The van der Waals surface area contributed by atoms with Gasteiger partial charge in [0.2, 0.25) is 5.82 Å². The van der Waals surface area contributed by atoms with Gasteiger partial charge in [-0.1, -0.05) is 59.6 Å². The first-order valence-corrected chi connectivity index (χ1v) is 12.1. The van der Waals surface area contributed by atoms with Crippen molar-refractivity contribution in [1.82, 2.24) is 9.97 Å². The number of esters is 1. The second-order valence-corrected chi connectivity index (χ2v) is 8.97. The summed E-state index contributed by atoms with van der Waals surface area (Å²) in [5.74, 6) is -0.225. The van der Waals surface area contributed by atoms with E-state index in [9.17, 15) is 14.9 Å². The fourth-order valence-corrected chi connectivity index (χ4v) is 4.35. The van der Waals surface area contributed by atoms with Crippen molar-refractivity contribution in [3.05, 3.63) is 104 Å². The molecule has 2 aromatic heterocycles. The molecule has 0 saturated carbocycles. The molecule has 190 valence electrons. The molecule has 0 spiro atoms. The van der Waals surface area contributed by atoms with E-state index in [1.807, 2.05) is 30.3 Å². The average molecular weight is 540 g/mol. The molecule has 0 aliphatic carbocycles. The van der Waals surface area contributed by atoms with Crippen molar-refractivity contribution in [2.75, 3.05) is 17.6 Å². The van der Waals surface area contributed by atoms with Crippen LogP contribution < -0.4 is 11.1 Å². The Hall–Kier alpha value is -4.08. The number of pyridine rings is 1. The number of nitrogens with one attached hydrogen (secondary N) is 2. The van der Waals surface area contributed by atoms with Crippen LogP contribution in [0.3, 0.4) is 0 Å². The lowest BCUT2D eigenvalue weighted by atomic mass is 9.99. The second-order valence-electron chi connectivity index (χ2n) is 8.13. The van der Waals surface area contributed by atoms with Crippen molar-refractivity contribution in [1.29, 1.82) is 0 Å². The predicted molar refractivity (Wildman–Crippen MR) is 144 cm³/mol. The smallest absolute Gasteiger partial charge is 0.355 e. The van der Waals surface area contributed by atoms with Crippen LogP contribution in [0.15, 0.2) is 66.9 Å². The van der Waals surface area contributed by atoms with E-state index in [4.69, 9.17) is 33.7 Å². The molecule has 4 N–H and O–H groups in total. The highest BCUT2D eigenvalue weighted by Crippen LogP contribution is 2.35. The number of H-pyrrole nitrogens is 1. The van der Waals surface area contributed by atoms with Gasteiger partial charge in [-0.2, -0.15) is 0 Å². The highest BCUT2D eigenvalue weighted by atomic mass is 35.5. The van der Waals surface area contributed by atoms with Crippen LogP contribution in [0.5, 0.6) is 0 Å². The first kappa shape index (κ1) is 26.0. The zero-order chi connectivity index (χ0) is 26.4. The molecular weight excluding hydrogens is 517 g/mol. The maximum absolute atomic E-state index is 13.0. The van der Waals surface area contributed by atoms with E-state index in [0.29, 0.717) is 40.9 Å². The van der Waals surface area contributed by atoms with E-state index in [2.05, 4.69) is 15.3 Å². The van der Waals surface area contributed by atoms with Gasteiger partial charge in [0.05, 0.1) is 4.92 Å². The molecule has 0 aliphatic rings. The Morgan fingerprint density at radius 3 is 2.59 bits per heavy atom. The van der Waals surface area contributed by atoms with E-state index in [1.165, 1.54) is 12.1 Å². The minimum Gasteiger partial charge on any atom is -0.456 e. The Balaban J connectivity index is 1.51. The number of halogens is 2. The van der Waals surface area contributed by atoms with Gasteiger partial charge in [-0.05, 0) is 42.2 Å². The van der Waals surface area contributed by atoms with Gasteiger partial charge >= 0.3 is 11.7 Å². The maximum Gasteiger partial charge on any atom is 0.355 e. The van der Waals surface area contributed by atoms with E-state index in [1.54, 1.807) is 24.4 Å². The summed E-state index contributed by atoms with van der Waals surface area (Å²) in [6, 6.07) is 17.4. The molecule has 4 rings (SSSR count). The fourth-order valence-electron chi connectivity index (χ4n) is 3.84. The number of ether oxygens (including phenoxy) is 1.